The SMILES string of the molecule is COc1c(C)cc2c(c1O)[C@@H]1C3[C@@H]4SC[C@H](OC(=O)C(F)(F)F)C(=O)OC[C@@H](c5c6c(c(C)c(OC(C)=O)c54)OCO6)N3[C@@H](C#N)[C@H](C2)N1C. The summed E-state index contributed by atoms with van der Waals surface area (Å²) in [7, 11) is 3.27. The molecule has 1 N–H and O–H groups in total. The first-order valence-electron chi connectivity index (χ1n) is 15.7. The van der Waals surface area contributed by atoms with Crippen molar-refractivity contribution in [2.24, 2.45) is 0 Å². The Kier molecular flexibility index (Phi) is 8.27. The molecule has 1 unspecified atom stereocenters. The number of carbonyl (C=O) groups excluding carboxylic acids is 3. The molecule has 13 nitrogen and oxygen atoms in total. The number of nitriles is 1. The number of alkyl halides is 3. The summed E-state index contributed by atoms with van der Waals surface area (Å²) < 4.78 is 73.5. The fourth-order valence-corrected chi connectivity index (χ4v) is 9.70. The van der Waals surface area contributed by atoms with Crippen LogP contribution in [-0.4, -0.2) is 96.5 Å². The topological polar surface area (TPSA) is 157 Å². The van der Waals surface area contributed by atoms with Gasteiger partial charge in [0, 0.05) is 47.0 Å². The average molecular weight is 720 g/mol. The molecule has 2 fully saturated rings. The number of halogens is 3. The summed E-state index contributed by atoms with van der Waals surface area (Å²) in [6, 6.07) is 0.677. The molecule has 2 aromatic rings. The van der Waals surface area contributed by atoms with Crippen molar-refractivity contribution < 1.29 is 61.1 Å². The van der Waals surface area contributed by atoms with Crippen LogP contribution in [-0.2, 0) is 30.3 Å². The molecule has 5 aliphatic rings. The molecule has 2 saturated heterocycles. The molecule has 0 amide bonds. The number of carbonyl (C=O) groups is 3. The molecule has 17 heteroatoms. The van der Waals surface area contributed by atoms with Crippen molar-refractivity contribution >= 4 is 29.7 Å². The van der Waals surface area contributed by atoms with Gasteiger partial charge in [-0.15, -0.1) is 11.8 Å². The summed E-state index contributed by atoms with van der Waals surface area (Å²) in [5.74, 6) is -4.06. The number of phenolic OH excluding ortho intramolecular Hbond substituents is 1. The third-order valence-corrected chi connectivity index (χ3v) is 11.5. The smallest absolute Gasteiger partial charge is 0.490 e. The number of methoxy groups -OCH3 is 1. The number of cyclic esters (lactones) is 1. The molecule has 4 bridgehead atoms. The van der Waals surface area contributed by atoms with Crippen LogP contribution in [0, 0.1) is 25.2 Å². The van der Waals surface area contributed by atoms with Crippen molar-refractivity contribution in [1.29, 1.82) is 5.26 Å². The lowest BCUT2D eigenvalue weighted by Crippen LogP contribution is -2.69. The molecular weight excluding hydrogens is 687 g/mol. The second-order valence-corrected chi connectivity index (χ2v) is 13.9. The molecule has 0 saturated carbocycles. The van der Waals surface area contributed by atoms with Gasteiger partial charge in [-0.2, -0.15) is 18.4 Å². The molecular formula is C33H32F3N3O10S. The molecule has 5 aliphatic heterocycles. The maximum absolute atomic E-state index is 13.3. The highest BCUT2D eigenvalue weighted by atomic mass is 32.2. The minimum atomic E-state index is -5.37. The number of rotatable bonds is 3. The predicted octanol–water partition coefficient (Wildman–Crippen LogP) is 3.71. The Bertz CT molecular complexity index is 1870. The quantitative estimate of drug-likeness (QED) is 0.362. The maximum atomic E-state index is 13.3. The zero-order valence-electron chi connectivity index (χ0n) is 27.5. The highest BCUT2D eigenvalue weighted by Crippen LogP contribution is 2.64. The van der Waals surface area contributed by atoms with E-state index < -0.39 is 78.0 Å². The van der Waals surface area contributed by atoms with E-state index in [0.717, 1.165) is 17.3 Å². The van der Waals surface area contributed by atoms with Crippen molar-refractivity contribution in [3.8, 4) is 34.8 Å². The highest BCUT2D eigenvalue weighted by Gasteiger charge is 2.61. The lowest BCUT2D eigenvalue weighted by Gasteiger charge is -2.61. The third-order valence-electron chi connectivity index (χ3n) is 10.1. The number of aromatic hydroxyl groups is 1. The number of ether oxygens (including phenoxy) is 6. The van der Waals surface area contributed by atoms with Crippen LogP contribution >= 0.6 is 11.8 Å². The van der Waals surface area contributed by atoms with Crippen LogP contribution in [0.25, 0.3) is 0 Å². The Morgan fingerprint density at radius 1 is 1.12 bits per heavy atom. The molecule has 7 atom stereocenters. The molecule has 0 spiro atoms. The van der Waals surface area contributed by atoms with Gasteiger partial charge in [-0.05, 0) is 38.4 Å². The van der Waals surface area contributed by atoms with Crippen molar-refractivity contribution in [3.05, 3.63) is 39.4 Å². The standard InChI is InChI=1S/C33H32F3N3O10S/c1-12-6-15-7-16-17(8-37)39-18-9-45-31(42)19(49-32(43)33(34,35)36)10-50-30(24(39)23(38(16)4)20(15)25(41)26(12)44-5)22-21(18)29-28(46-11-47-29)13(2)27(22)48-14(3)40/h6,16-19,23-24,30,41H,7,9-11H2,1-5H3/t16-,17-,18-,19-,23+,24?,30+/m0/s1. The van der Waals surface area contributed by atoms with E-state index in [9.17, 15) is 37.9 Å². The maximum Gasteiger partial charge on any atom is 0.490 e. The van der Waals surface area contributed by atoms with E-state index >= 15 is 0 Å². The fourth-order valence-electron chi connectivity index (χ4n) is 8.23. The number of nitrogens with zero attached hydrogens (tertiary/aromatic N) is 3. The van der Waals surface area contributed by atoms with Gasteiger partial charge in [0.15, 0.2) is 23.0 Å². The average Bonchev–Trinajstić information content (AvgIpc) is 3.54. The van der Waals surface area contributed by atoms with Gasteiger partial charge >= 0.3 is 24.1 Å². The minimum Gasteiger partial charge on any atom is -0.504 e. The number of fused-ring (bicyclic) bond motifs is 9. The number of benzene rings is 2. The van der Waals surface area contributed by atoms with Gasteiger partial charge in [-0.3, -0.25) is 14.6 Å². The van der Waals surface area contributed by atoms with Crippen molar-refractivity contribution in [2.75, 3.05) is 33.3 Å². The summed E-state index contributed by atoms with van der Waals surface area (Å²) in [6.07, 6.45) is -6.95. The van der Waals surface area contributed by atoms with Crippen LogP contribution < -0.4 is 18.9 Å². The lowest BCUT2D eigenvalue weighted by molar-refractivity contribution is -0.207. The Labute approximate surface area is 288 Å². The summed E-state index contributed by atoms with van der Waals surface area (Å²) in [4.78, 5) is 41.8. The Morgan fingerprint density at radius 2 is 1.84 bits per heavy atom. The second-order valence-electron chi connectivity index (χ2n) is 12.8. The van der Waals surface area contributed by atoms with E-state index in [-0.39, 0.29) is 24.0 Å². The Hall–Kier alpha value is -4.40. The van der Waals surface area contributed by atoms with Crippen molar-refractivity contribution in [2.45, 2.75) is 74.9 Å². The van der Waals surface area contributed by atoms with Crippen LogP contribution in [0.2, 0.25) is 0 Å². The molecule has 0 aliphatic carbocycles. The van der Waals surface area contributed by atoms with E-state index in [1.54, 1.807) is 13.8 Å². The first kappa shape index (κ1) is 34.1. The second kappa shape index (κ2) is 12.1. The van der Waals surface area contributed by atoms with E-state index in [4.69, 9.17) is 23.7 Å². The first-order chi connectivity index (χ1) is 23.7. The number of hydrogen-bond acceptors (Lipinski definition) is 14. The van der Waals surface area contributed by atoms with Gasteiger partial charge in [0.25, 0.3) is 0 Å². The van der Waals surface area contributed by atoms with E-state index in [2.05, 4.69) is 10.8 Å². The monoisotopic (exact) mass is 719 g/mol. The highest BCUT2D eigenvalue weighted by molar-refractivity contribution is 7.99. The molecule has 0 aromatic heterocycles. The van der Waals surface area contributed by atoms with Crippen LogP contribution in [0.3, 0.4) is 0 Å². The molecule has 5 heterocycles. The number of thioether (sulfide) groups is 1. The number of likely N-dealkylation sites (N-methyl/N-ethyl adjacent to an activating group) is 1. The van der Waals surface area contributed by atoms with Crippen LogP contribution in [0.1, 0.15) is 57.6 Å². The van der Waals surface area contributed by atoms with Crippen molar-refractivity contribution in [3.63, 3.8) is 0 Å². The summed E-state index contributed by atoms with van der Waals surface area (Å²) in [5, 5.41) is 21.7. The normalized spacial score (nSPS) is 28.4. The van der Waals surface area contributed by atoms with Gasteiger partial charge in [0.05, 0.1) is 30.5 Å². The number of piperazine rings is 1. The van der Waals surface area contributed by atoms with Crippen LogP contribution in [0.5, 0.6) is 28.7 Å². The van der Waals surface area contributed by atoms with Crippen molar-refractivity contribution in [1.82, 2.24) is 9.80 Å². The van der Waals surface area contributed by atoms with E-state index in [1.165, 1.54) is 14.0 Å². The van der Waals surface area contributed by atoms with Gasteiger partial charge < -0.3 is 33.5 Å². The van der Waals surface area contributed by atoms with Crippen LogP contribution in [0.15, 0.2) is 6.07 Å². The molecule has 2 aromatic carbocycles. The Morgan fingerprint density at radius 3 is 2.50 bits per heavy atom. The lowest BCUT2D eigenvalue weighted by atomic mass is 9.71. The zero-order chi connectivity index (χ0) is 36.0. The zero-order valence-corrected chi connectivity index (χ0v) is 28.3. The molecule has 7 rings (SSSR count). The number of phenols is 1. The van der Waals surface area contributed by atoms with E-state index in [1.807, 2.05) is 22.9 Å². The van der Waals surface area contributed by atoms with Gasteiger partial charge in [0.1, 0.15) is 18.4 Å². The van der Waals surface area contributed by atoms with Crippen LogP contribution in [0.4, 0.5) is 13.2 Å². The molecule has 0 radical (unpaired) electrons. The summed E-state index contributed by atoms with van der Waals surface area (Å²) >= 11 is 0.975. The molecule has 50 heavy (non-hydrogen) atoms. The number of hydrogen-bond donors (Lipinski definition) is 1. The van der Waals surface area contributed by atoms with Gasteiger partial charge in [0.2, 0.25) is 12.9 Å². The number of esters is 3. The fraction of sp³-hybridized carbons (Fsp3) is 0.515. The molecule has 266 valence electrons. The number of aryl methyl sites for hydroxylation is 1. The minimum absolute atomic E-state index is 0.100. The predicted molar refractivity (Wildman–Crippen MR) is 166 cm³/mol. The first-order valence-corrected chi connectivity index (χ1v) is 16.7. The van der Waals surface area contributed by atoms with Gasteiger partial charge in [-0.1, -0.05) is 6.07 Å². The van der Waals surface area contributed by atoms with E-state index in [0.29, 0.717) is 45.7 Å². The largest absolute Gasteiger partial charge is 0.504 e. The van der Waals surface area contributed by atoms with Gasteiger partial charge in [-0.25, -0.2) is 9.59 Å². The summed E-state index contributed by atoms with van der Waals surface area (Å²) in [6.45, 7) is 4.01. The summed E-state index contributed by atoms with van der Waals surface area (Å²) in [5.41, 5.74) is 3.28. The third kappa shape index (κ3) is 5.02. The Balaban J connectivity index is 1.51.